The number of hydrogen-bond acceptors (Lipinski definition) is 6. The molecule has 1 unspecified atom stereocenters. The molecule has 0 saturated carbocycles. The summed E-state index contributed by atoms with van der Waals surface area (Å²) in [5.41, 5.74) is 2.85. The van der Waals surface area contributed by atoms with E-state index in [-0.39, 0.29) is 25.4 Å². The number of para-hydroxylation sites is 1. The van der Waals surface area contributed by atoms with Gasteiger partial charge in [-0.15, -0.1) is 11.3 Å². The van der Waals surface area contributed by atoms with Crippen LogP contribution in [0, 0.1) is 6.92 Å². The van der Waals surface area contributed by atoms with E-state index < -0.39 is 0 Å². The van der Waals surface area contributed by atoms with Crippen LogP contribution in [0.25, 0.3) is 10.2 Å². The molecule has 196 valence electrons. The smallest absolute Gasteiger partial charge is 0.331 e. The maximum atomic E-state index is 13.4. The number of carbonyl (C=O) groups is 2. The van der Waals surface area contributed by atoms with E-state index in [1.54, 1.807) is 11.1 Å². The minimum Gasteiger partial charge on any atom is -0.457 e. The van der Waals surface area contributed by atoms with Gasteiger partial charge in [0.25, 0.3) is 5.91 Å². The second-order valence-corrected chi connectivity index (χ2v) is 10.4. The van der Waals surface area contributed by atoms with Gasteiger partial charge in [0.05, 0.1) is 22.4 Å². The molecule has 0 spiro atoms. The van der Waals surface area contributed by atoms with Crippen LogP contribution in [0.3, 0.4) is 0 Å². The second kappa shape index (κ2) is 10.6. The molecule has 2 aromatic heterocycles. The van der Waals surface area contributed by atoms with Crippen molar-refractivity contribution in [3.8, 4) is 11.5 Å². The number of benzene rings is 2. The number of rotatable bonds is 6. The largest absolute Gasteiger partial charge is 0.457 e. The lowest BCUT2D eigenvalue weighted by Gasteiger charge is -2.29. The summed E-state index contributed by atoms with van der Waals surface area (Å²) in [6.45, 7) is 3.58. The number of likely N-dealkylation sites (tertiary alicyclic amines) is 1. The van der Waals surface area contributed by atoms with Crippen LogP contribution >= 0.6 is 24.8 Å². The van der Waals surface area contributed by atoms with E-state index in [9.17, 15) is 9.59 Å². The predicted octanol–water partition coefficient (Wildman–Crippen LogP) is 6.02. The number of thiophene rings is 1. The number of nitrogens with zero attached hydrogens (tertiary/aromatic N) is 3. The van der Waals surface area contributed by atoms with Gasteiger partial charge in [0, 0.05) is 18.8 Å². The Morgan fingerprint density at radius 1 is 1.16 bits per heavy atom. The van der Waals surface area contributed by atoms with Gasteiger partial charge in [0.15, 0.2) is 0 Å². The molecule has 2 aliphatic rings. The van der Waals surface area contributed by atoms with Crippen molar-refractivity contribution in [3.05, 3.63) is 71.2 Å². The van der Waals surface area contributed by atoms with Crippen molar-refractivity contribution in [1.29, 1.82) is 0 Å². The third-order valence-electron chi connectivity index (χ3n) is 7.01. The van der Waals surface area contributed by atoms with Crippen LogP contribution in [-0.2, 0) is 0 Å². The van der Waals surface area contributed by atoms with E-state index in [0.717, 1.165) is 41.8 Å². The summed E-state index contributed by atoms with van der Waals surface area (Å²) in [4.78, 5) is 36.2. The number of ether oxygens (including phenoxy) is 1. The van der Waals surface area contributed by atoms with Gasteiger partial charge >= 0.3 is 6.03 Å². The van der Waals surface area contributed by atoms with Gasteiger partial charge in [-0.2, -0.15) is 13.5 Å². The molecule has 1 atom stereocenters. The fraction of sp³-hybridized carbons (Fsp3) is 0.250. The van der Waals surface area contributed by atoms with Crippen LogP contribution in [-0.4, -0.2) is 48.0 Å². The monoisotopic (exact) mass is 547 g/mol. The number of carbonyl (C=O) groups excluding carboxylic acids is 2. The summed E-state index contributed by atoms with van der Waals surface area (Å²) in [5, 5.41) is 6.82. The fourth-order valence-electron chi connectivity index (χ4n) is 5.08. The van der Waals surface area contributed by atoms with Crippen LogP contribution in [0.4, 0.5) is 21.9 Å². The highest BCUT2D eigenvalue weighted by Crippen LogP contribution is 2.46. The van der Waals surface area contributed by atoms with Crippen molar-refractivity contribution in [1.82, 2.24) is 15.2 Å². The zero-order chi connectivity index (χ0) is 25.5. The van der Waals surface area contributed by atoms with Gasteiger partial charge < -0.3 is 20.3 Å². The number of aryl methyl sites for hydroxylation is 1. The van der Waals surface area contributed by atoms with E-state index in [1.165, 1.54) is 11.3 Å². The number of pyridine rings is 1. The van der Waals surface area contributed by atoms with Gasteiger partial charge in [0.1, 0.15) is 21.2 Å². The topological polar surface area (TPSA) is 86.8 Å². The SMILES string of the molecule is Cc1cc(Oc2ccccc2)ccc1N1C(=O)Nc2c(C(=O)NCC3CCCN3C)sc3nccc1c23.S. The van der Waals surface area contributed by atoms with Gasteiger partial charge in [-0.05, 0) is 75.3 Å². The number of nitrogens with one attached hydrogen (secondary N) is 2. The minimum atomic E-state index is -0.317. The second-order valence-electron chi connectivity index (χ2n) is 9.43. The molecular formula is C28H29N5O3S2. The quantitative estimate of drug-likeness (QED) is 0.308. The average Bonchev–Trinajstić information content (AvgIpc) is 3.48. The summed E-state index contributed by atoms with van der Waals surface area (Å²) < 4.78 is 5.96. The first-order valence-corrected chi connectivity index (χ1v) is 13.2. The molecular weight excluding hydrogens is 518 g/mol. The summed E-state index contributed by atoms with van der Waals surface area (Å²) in [6.07, 6.45) is 3.89. The standard InChI is InChI=1S/C28H27N5O3S.H2S/c1-17-15-20(36-19-8-4-3-5-9-19)10-11-21(17)33-22-12-13-29-27-23(22)24(31-28(33)35)25(37-27)26(34)30-16-18-7-6-14-32(18)2;/h3-5,8-13,15,18H,6-7,14,16H2,1-2H3,(H,30,34)(H,31,35);1H2. The zero-order valence-corrected chi connectivity index (χ0v) is 23.0. The first-order valence-electron chi connectivity index (χ1n) is 12.3. The Bertz CT molecular complexity index is 1510. The van der Waals surface area contributed by atoms with Crippen molar-refractivity contribution in [2.24, 2.45) is 0 Å². The number of hydrogen-bond donors (Lipinski definition) is 2. The number of aromatic nitrogens is 1. The first-order chi connectivity index (χ1) is 18.0. The summed E-state index contributed by atoms with van der Waals surface area (Å²) >= 11 is 1.30. The molecule has 2 aromatic carbocycles. The number of urea groups is 1. The van der Waals surface area contributed by atoms with Gasteiger partial charge in [-0.3, -0.25) is 9.69 Å². The Balaban J connectivity index is 0.00000294. The van der Waals surface area contributed by atoms with E-state index >= 15 is 0 Å². The van der Waals surface area contributed by atoms with Gasteiger partial charge in [-0.1, -0.05) is 18.2 Å². The number of amides is 3. The highest BCUT2D eigenvalue weighted by Gasteiger charge is 2.33. The third kappa shape index (κ3) is 4.70. The van der Waals surface area contributed by atoms with Crippen LogP contribution in [0.5, 0.6) is 11.5 Å². The van der Waals surface area contributed by atoms with Crippen LogP contribution in [0.2, 0.25) is 0 Å². The molecule has 3 amide bonds. The van der Waals surface area contributed by atoms with Crippen molar-refractivity contribution in [3.63, 3.8) is 0 Å². The predicted molar refractivity (Wildman–Crippen MR) is 157 cm³/mol. The van der Waals surface area contributed by atoms with Crippen molar-refractivity contribution in [2.45, 2.75) is 25.8 Å². The Kier molecular flexibility index (Phi) is 7.29. The minimum absolute atomic E-state index is 0. The van der Waals surface area contributed by atoms with Gasteiger partial charge in [-0.25, -0.2) is 9.78 Å². The highest BCUT2D eigenvalue weighted by atomic mass is 32.1. The molecule has 10 heteroatoms. The fourth-order valence-corrected chi connectivity index (χ4v) is 6.11. The summed E-state index contributed by atoms with van der Waals surface area (Å²) in [6, 6.07) is 17.1. The molecule has 0 aliphatic carbocycles. The molecule has 1 saturated heterocycles. The highest BCUT2D eigenvalue weighted by molar-refractivity contribution is 7.59. The Morgan fingerprint density at radius 2 is 1.97 bits per heavy atom. The molecule has 2 aliphatic heterocycles. The Morgan fingerprint density at radius 3 is 2.71 bits per heavy atom. The van der Waals surface area contributed by atoms with E-state index in [0.29, 0.717) is 39.4 Å². The molecule has 8 nitrogen and oxygen atoms in total. The van der Waals surface area contributed by atoms with Gasteiger partial charge in [0.2, 0.25) is 0 Å². The van der Waals surface area contributed by atoms with E-state index in [1.807, 2.05) is 61.5 Å². The van der Waals surface area contributed by atoms with Crippen LogP contribution in [0.1, 0.15) is 28.1 Å². The molecule has 4 heterocycles. The van der Waals surface area contributed by atoms with E-state index in [4.69, 9.17) is 4.74 Å². The lowest BCUT2D eigenvalue weighted by atomic mass is 10.1. The maximum absolute atomic E-state index is 13.4. The number of likely N-dealkylation sites (N-methyl/N-ethyl adjacent to an activating group) is 1. The van der Waals surface area contributed by atoms with Crippen molar-refractivity contribution < 1.29 is 14.3 Å². The lowest BCUT2D eigenvalue weighted by Crippen LogP contribution is -2.38. The van der Waals surface area contributed by atoms with Crippen LogP contribution < -0.4 is 20.3 Å². The summed E-state index contributed by atoms with van der Waals surface area (Å²) in [5.74, 6) is 1.25. The molecule has 1 fully saturated rings. The van der Waals surface area contributed by atoms with Crippen LogP contribution in [0.15, 0.2) is 60.8 Å². The summed E-state index contributed by atoms with van der Waals surface area (Å²) in [7, 11) is 2.08. The van der Waals surface area contributed by atoms with Crippen molar-refractivity contribution in [2.75, 3.05) is 30.4 Å². The third-order valence-corrected chi connectivity index (χ3v) is 8.11. The Hall–Kier alpha value is -3.60. The van der Waals surface area contributed by atoms with Crippen molar-refractivity contribution >= 4 is 64.0 Å². The average molecular weight is 548 g/mol. The Labute approximate surface area is 232 Å². The molecule has 2 N–H and O–H groups in total. The molecule has 6 rings (SSSR count). The molecule has 0 bridgehead atoms. The zero-order valence-electron chi connectivity index (χ0n) is 21.2. The molecule has 0 radical (unpaired) electrons. The first kappa shape index (κ1) is 26.0. The normalized spacial score (nSPS) is 16.7. The lowest BCUT2D eigenvalue weighted by molar-refractivity contribution is 0.0948. The molecule has 4 aromatic rings. The maximum Gasteiger partial charge on any atom is 0.331 e. The number of anilines is 3. The van der Waals surface area contributed by atoms with E-state index in [2.05, 4.69) is 27.6 Å². The molecule has 38 heavy (non-hydrogen) atoms.